The monoisotopic (exact) mass is 256 g/mol. The van der Waals surface area contributed by atoms with E-state index in [2.05, 4.69) is 12.2 Å². The summed E-state index contributed by atoms with van der Waals surface area (Å²) in [5.41, 5.74) is 5.08. The number of amides is 1. The first-order valence-corrected chi connectivity index (χ1v) is 6.67. The lowest BCUT2D eigenvalue weighted by Crippen LogP contribution is -2.56. The molecule has 0 aromatic rings. The van der Waals surface area contributed by atoms with E-state index in [9.17, 15) is 4.79 Å². The van der Waals surface area contributed by atoms with Crippen molar-refractivity contribution in [3.63, 3.8) is 0 Å². The summed E-state index contributed by atoms with van der Waals surface area (Å²) < 4.78 is 10.8. The van der Waals surface area contributed by atoms with Gasteiger partial charge in [0, 0.05) is 33.2 Å². The lowest BCUT2D eigenvalue weighted by molar-refractivity contribution is -0.139. The normalized spacial score (nSPS) is 39.4. The third kappa shape index (κ3) is 2.39. The van der Waals surface area contributed by atoms with Crippen molar-refractivity contribution in [1.29, 1.82) is 0 Å². The average Bonchev–Trinajstić information content (AvgIpc) is 2.81. The number of methoxy groups -OCH3 is 1. The van der Waals surface area contributed by atoms with E-state index in [4.69, 9.17) is 15.2 Å². The first-order valence-electron chi connectivity index (χ1n) is 6.67. The Morgan fingerprint density at radius 3 is 2.72 bits per heavy atom. The minimum atomic E-state index is -0.346. The van der Waals surface area contributed by atoms with Crippen LogP contribution < -0.4 is 11.1 Å². The molecule has 0 bridgehead atoms. The summed E-state index contributed by atoms with van der Waals surface area (Å²) in [6, 6.07) is 0. The van der Waals surface area contributed by atoms with Crippen molar-refractivity contribution in [3.8, 4) is 0 Å². The number of ether oxygens (including phenoxy) is 2. The standard InChI is InChI=1S/C13H24N2O3/c1-10-5-12(6-10,7-14)11(16)15-8-13(17-2)3-4-18-9-13/h10H,3-9,14H2,1-2H3,(H,15,16). The summed E-state index contributed by atoms with van der Waals surface area (Å²) >= 11 is 0. The molecule has 18 heavy (non-hydrogen) atoms. The van der Waals surface area contributed by atoms with Crippen molar-refractivity contribution in [2.24, 2.45) is 17.1 Å². The molecule has 0 aromatic heterocycles. The SMILES string of the molecule is COC1(CNC(=O)C2(CN)CC(C)C2)CCOC1. The summed E-state index contributed by atoms with van der Waals surface area (Å²) in [6.45, 7) is 4.35. The van der Waals surface area contributed by atoms with Gasteiger partial charge in [-0.15, -0.1) is 0 Å². The maximum absolute atomic E-state index is 12.3. The second-order valence-electron chi connectivity index (χ2n) is 5.87. The van der Waals surface area contributed by atoms with E-state index >= 15 is 0 Å². The fourth-order valence-corrected chi connectivity index (χ4v) is 3.11. The summed E-state index contributed by atoms with van der Waals surface area (Å²) in [6.07, 6.45) is 2.62. The molecule has 1 aliphatic carbocycles. The Hall–Kier alpha value is -0.650. The van der Waals surface area contributed by atoms with Crippen LogP contribution in [-0.2, 0) is 14.3 Å². The van der Waals surface area contributed by atoms with Gasteiger partial charge < -0.3 is 20.5 Å². The van der Waals surface area contributed by atoms with Crippen LogP contribution in [0.15, 0.2) is 0 Å². The molecule has 104 valence electrons. The Labute approximate surface area is 108 Å². The van der Waals surface area contributed by atoms with Crippen LogP contribution in [0, 0.1) is 11.3 Å². The van der Waals surface area contributed by atoms with Gasteiger partial charge in [0.1, 0.15) is 5.60 Å². The lowest BCUT2D eigenvalue weighted by Gasteiger charge is -2.44. The van der Waals surface area contributed by atoms with Crippen LogP contribution in [0.5, 0.6) is 0 Å². The largest absolute Gasteiger partial charge is 0.378 e. The van der Waals surface area contributed by atoms with Crippen LogP contribution in [0.25, 0.3) is 0 Å². The summed E-state index contributed by atoms with van der Waals surface area (Å²) in [4.78, 5) is 12.3. The van der Waals surface area contributed by atoms with Gasteiger partial charge in [-0.05, 0) is 18.8 Å². The van der Waals surface area contributed by atoms with E-state index in [0.29, 0.717) is 32.2 Å². The Kier molecular flexibility index (Phi) is 3.94. The second kappa shape index (κ2) is 5.15. The lowest BCUT2D eigenvalue weighted by atomic mass is 9.62. The third-order valence-corrected chi connectivity index (χ3v) is 4.42. The second-order valence-corrected chi connectivity index (χ2v) is 5.87. The summed E-state index contributed by atoms with van der Waals surface area (Å²) in [7, 11) is 1.67. The highest BCUT2D eigenvalue weighted by atomic mass is 16.5. The van der Waals surface area contributed by atoms with Crippen molar-refractivity contribution in [2.75, 3.05) is 33.4 Å². The molecule has 2 fully saturated rings. The van der Waals surface area contributed by atoms with Gasteiger partial charge in [-0.25, -0.2) is 0 Å². The molecule has 1 aliphatic heterocycles. The molecule has 1 atom stereocenters. The van der Waals surface area contributed by atoms with Gasteiger partial charge in [0.15, 0.2) is 0 Å². The molecule has 3 N–H and O–H groups in total. The van der Waals surface area contributed by atoms with Crippen LogP contribution >= 0.6 is 0 Å². The molecular formula is C13H24N2O3. The molecular weight excluding hydrogens is 232 g/mol. The fourth-order valence-electron chi connectivity index (χ4n) is 3.11. The molecule has 1 saturated heterocycles. The Bertz CT molecular complexity index is 307. The number of carbonyl (C=O) groups excluding carboxylic acids is 1. The Morgan fingerprint density at radius 2 is 2.28 bits per heavy atom. The fraction of sp³-hybridized carbons (Fsp3) is 0.923. The topological polar surface area (TPSA) is 73.6 Å². The number of carbonyl (C=O) groups is 1. The van der Waals surface area contributed by atoms with E-state index in [1.165, 1.54) is 0 Å². The van der Waals surface area contributed by atoms with Crippen molar-refractivity contribution in [1.82, 2.24) is 5.32 Å². The quantitative estimate of drug-likeness (QED) is 0.741. The Morgan fingerprint density at radius 1 is 1.56 bits per heavy atom. The molecule has 1 amide bonds. The van der Waals surface area contributed by atoms with Gasteiger partial charge in [-0.1, -0.05) is 6.92 Å². The van der Waals surface area contributed by atoms with E-state index < -0.39 is 0 Å². The minimum Gasteiger partial charge on any atom is -0.378 e. The number of hydrogen-bond acceptors (Lipinski definition) is 4. The average molecular weight is 256 g/mol. The molecule has 5 heteroatoms. The zero-order chi connectivity index (χ0) is 13.2. The van der Waals surface area contributed by atoms with Crippen molar-refractivity contribution in [3.05, 3.63) is 0 Å². The predicted molar refractivity (Wildman–Crippen MR) is 68.1 cm³/mol. The van der Waals surface area contributed by atoms with Crippen molar-refractivity contribution < 1.29 is 14.3 Å². The van der Waals surface area contributed by atoms with E-state index in [1.54, 1.807) is 7.11 Å². The molecule has 0 radical (unpaired) electrons. The van der Waals surface area contributed by atoms with E-state index in [0.717, 1.165) is 19.3 Å². The van der Waals surface area contributed by atoms with Crippen LogP contribution in [0.3, 0.4) is 0 Å². The third-order valence-electron chi connectivity index (χ3n) is 4.42. The van der Waals surface area contributed by atoms with Gasteiger partial charge in [-0.3, -0.25) is 4.79 Å². The number of rotatable bonds is 5. The van der Waals surface area contributed by atoms with Crippen LogP contribution in [0.4, 0.5) is 0 Å². The maximum atomic E-state index is 12.3. The summed E-state index contributed by atoms with van der Waals surface area (Å²) in [5.74, 6) is 0.678. The van der Waals surface area contributed by atoms with Gasteiger partial charge >= 0.3 is 0 Å². The smallest absolute Gasteiger partial charge is 0.227 e. The van der Waals surface area contributed by atoms with Gasteiger partial charge in [-0.2, -0.15) is 0 Å². The van der Waals surface area contributed by atoms with Crippen LogP contribution in [0.1, 0.15) is 26.2 Å². The first-order chi connectivity index (χ1) is 8.56. The first kappa shape index (κ1) is 13.8. The summed E-state index contributed by atoms with van der Waals surface area (Å²) in [5, 5.41) is 3.01. The molecule has 2 rings (SSSR count). The van der Waals surface area contributed by atoms with Gasteiger partial charge in [0.25, 0.3) is 0 Å². The zero-order valence-corrected chi connectivity index (χ0v) is 11.3. The van der Waals surface area contributed by atoms with E-state index in [1.807, 2.05) is 0 Å². The molecule has 0 spiro atoms. The molecule has 1 saturated carbocycles. The maximum Gasteiger partial charge on any atom is 0.227 e. The number of nitrogens with one attached hydrogen (secondary N) is 1. The van der Waals surface area contributed by atoms with Crippen LogP contribution in [-0.4, -0.2) is 44.9 Å². The van der Waals surface area contributed by atoms with Gasteiger partial charge in [0.05, 0.1) is 12.0 Å². The predicted octanol–water partition coefficient (Wildman–Crippen LogP) is 0.283. The van der Waals surface area contributed by atoms with Crippen molar-refractivity contribution in [2.45, 2.75) is 31.8 Å². The molecule has 1 unspecified atom stereocenters. The molecule has 2 aliphatic rings. The Balaban J connectivity index is 1.88. The minimum absolute atomic E-state index is 0.0754. The van der Waals surface area contributed by atoms with Crippen LogP contribution in [0.2, 0.25) is 0 Å². The zero-order valence-electron chi connectivity index (χ0n) is 11.3. The highest BCUT2D eigenvalue weighted by Gasteiger charge is 2.47. The number of hydrogen-bond donors (Lipinski definition) is 2. The molecule has 0 aromatic carbocycles. The highest BCUT2D eigenvalue weighted by Crippen LogP contribution is 2.44. The van der Waals surface area contributed by atoms with Gasteiger partial charge in [0.2, 0.25) is 5.91 Å². The van der Waals surface area contributed by atoms with E-state index in [-0.39, 0.29) is 16.9 Å². The molecule has 1 heterocycles. The molecule has 5 nitrogen and oxygen atoms in total. The van der Waals surface area contributed by atoms with Crippen molar-refractivity contribution >= 4 is 5.91 Å². The number of nitrogens with two attached hydrogens (primary N) is 1. The highest BCUT2D eigenvalue weighted by molar-refractivity contribution is 5.84.